The minimum absolute atomic E-state index is 0.000663. The van der Waals surface area contributed by atoms with Gasteiger partial charge in [0.25, 0.3) is 0 Å². The first kappa shape index (κ1) is 26.7. The van der Waals surface area contributed by atoms with Gasteiger partial charge in [-0.3, -0.25) is 14.4 Å². The van der Waals surface area contributed by atoms with Gasteiger partial charge in [-0.2, -0.15) is 0 Å². The van der Waals surface area contributed by atoms with Gasteiger partial charge in [-0.15, -0.1) is 0 Å². The van der Waals surface area contributed by atoms with Gasteiger partial charge in [0.15, 0.2) is 0 Å². The normalized spacial score (nSPS) is 52.7. The molecular formula is C30H44O7. The second kappa shape index (κ2) is 8.06. The molecule has 4 N–H and O–H groups in total. The molecule has 5 aliphatic rings. The van der Waals surface area contributed by atoms with E-state index in [-0.39, 0.29) is 29.6 Å². The van der Waals surface area contributed by atoms with E-state index in [4.69, 9.17) is 0 Å². The second-order valence-corrected chi connectivity index (χ2v) is 14.1. The molecule has 0 aromatic rings. The maximum atomic E-state index is 13.6. The molecule has 0 heterocycles. The zero-order chi connectivity index (χ0) is 27.3. The van der Waals surface area contributed by atoms with Crippen molar-refractivity contribution in [3.63, 3.8) is 0 Å². The van der Waals surface area contributed by atoms with Crippen molar-refractivity contribution in [2.24, 2.45) is 56.7 Å². The Bertz CT molecular complexity index is 1050. The van der Waals surface area contributed by atoms with Crippen molar-refractivity contribution in [3.8, 4) is 0 Å². The van der Waals surface area contributed by atoms with Crippen LogP contribution in [0.4, 0.5) is 0 Å². The Balaban J connectivity index is 1.64. The molecule has 5 aliphatic carbocycles. The molecule has 0 saturated heterocycles. The third kappa shape index (κ3) is 2.95. The van der Waals surface area contributed by atoms with E-state index in [2.05, 4.69) is 20.4 Å². The maximum absolute atomic E-state index is 13.6. The van der Waals surface area contributed by atoms with E-state index in [1.54, 1.807) is 6.92 Å². The number of aliphatic carboxylic acids is 3. The zero-order valence-corrected chi connectivity index (χ0v) is 22.8. The Morgan fingerprint density at radius 1 is 0.757 bits per heavy atom. The molecule has 5 rings (SSSR count). The summed E-state index contributed by atoms with van der Waals surface area (Å²) in [4.78, 5) is 38.9. The quantitative estimate of drug-likeness (QED) is 0.377. The average Bonchev–Trinajstić information content (AvgIpc) is 3.23. The lowest BCUT2D eigenvalue weighted by Gasteiger charge is -2.71. The Hall–Kier alpha value is -1.89. The van der Waals surface area contributed by atoms with Gasteiger partial charge in [0.05, 0.1) is 22.3 Å². The minimum atomic E-state index is -1.26. The van der Waals surface area contributed by atoms with Gasteiger partial charge < -0.3 is 20.4 Å². The Morgan fingerprint density at radius 3 is 2.00 bits per heavy atom. The molecule has 37 heavy (non-hydrogen) atoms. The number of carboxylic acids is 3. The maximum Gasteiger partial charge on any atom is 0.312 e. The molecule has 206 valence electrons. The first-order valence-electron chi connectivity index (χ1n) is 14.2. The fourth-order valence-electron chi connectivity index (χ4n) is 11.6. The van der Waals surface area contributed by atoms with Crippen LogP contribution in [0.5, 0.6) is 0 Å². The van der Waals surface area contributed by atoms with Crippen LogP contribution in [0.15, 0.2) is 12.2 Å². The van der Waals surface area contributed by atoms with Crippen LogP contribution in [0.1, 0.15) is 91.9 Å². The molecule has 7 nitrogen and oxygen atoms in total. The first-order chi connectivity index (χ1) is 17.1. The lowest BCUT2D eigenvalue weighted by Crippen LogP contribution is -2.70. The number of aliphatic hydroxyl groups excluding tert-OH is 1. The molecular weight excluding hydrogens is 472 g/mol. The van der Waals surface area contributed by atoms with Crippen LogP contribution >= 0.6 is 0 Å². The lowest BCUT2D eigenvalue weighted by atomic mass is 9.31. The topological polar surface area (TPSA) is 132 Å². The number of aliphatic hydroxyl groups is 1. The molecule has 0 unspecified atom stereocenters. The van der Waals surface area contributed by atoms with Gasteiger partial charge in [-0.05, 0) is 118 Å². The highest BCUT2D eigenvalue weighted by Gasteiger charge is 2.76. The van der Waals surface area contributed by atoms with Gasteiger partial charge in [-0.25, -0.2) is 0 Å². The van der Waals surface area contributed by atoms with Gasteiger partial charge in [0, 0.05) is 0 Å². The van der Waals surface area contributed by atoms with Crippen molar-refractivity contribution in [3.05, 3.63) is 12.2 Å². The molecule has 11 atom stereocenters. The van der Waals surface area contributed by atoms with Crippen molar-refractivity contribution in [2.75, 3.05) is 0 Å². The van der Waals surface area contributed by atoms with E-state index in [1.165, 1.54) is 0 Å². The second-order valence-electron chi connectivity index (χ2n) is 14.1. The van der Waals surface area contributed by atoms with Crippen molar-refractivity contribution in [2.45, 2.75) is 98.0 Å². The fraction of sp³-hybridized carbons (Fsp3) is 0.833. The molecule has 0 radical (unpaired) electrons. The number of carboxylic acid groups (broad SMARTS) is 3. The summed E-state index contributed by atoms with van der Waals surface area (Å²) in [7, 11) is 0. The van der Waals surface area contributed by atoms with Gasteiger partial charge in [0.2, 0.25) is 0 Å². The molecule has 0 spiro atoms. The molecule has 7 heteroatoms. The summed E-state index contributed by atoms with van der Waals surface area (Å²) in [5.41, 5.74) is -3.24. The zero-order valence-electron chi connectivity index (χ0n) is 22.8. The van der Waals surface area contributed by atoms with E-state index in [0.29, 0.717) is 51.4 Å². The third-order valence-electron chi connectivity index (χ3n) is 13.4. The highest BCUT2D eigenvalue weighted by molar-refractivity contribution is 5.81. The molecule has 0 aliphatic heterocycles. The van der Waals surface area contributed by atoms with E-state index in [9.17, 15) is 34.8 Å². The smallest absolute Gasteiger partial charge is 0.312 e. The highest BCUT2D eigenvalue weighted by atomic mass is 16.4. The number of rotatable bonds is 4. The van der Waals surface area contributed by atoms with Gasteiger partial charge >= 0.3 is 17.9 Å². The van der Waals surface area contributed by atoms with Crippen LogP contribution in [0.3, 0.4) is 0 Å². The Labute approximate surface area is 219 Å². The largest absolute Gasteiger partial charge is 0.481 e. The average molecular weight is 517 g/mol. The summed E-state index contributed by atoms with van der Waals surface area (Å²) in [6.45, 7) is 12.1. The monoisotopic (exact) mass is 516 g/mol. The molecule has 0 aromatic heterocycles. The Morgan fingerprint density at radius 2 is 1.43 bits per heavy atom. The predicted octanol–water partition coefficient (Wildman–Crippen LogP) is 5.22. The van der Waals surface area contributed by atoms with Crippen LogP contribution < -0.4 is 0 Å². The van der Waals surface area contributed by atoms with E-state index in [0.717, 1.165) is 18.4 Å². The van der Waals surface area contributed by atoms with Crippen LogP contribution in [-0.2, 0) is 14.4 Å². The number of fused-ring (bicyclic) bond motifs is 7. The van der Waals surface area contributed by atoms with Crippen LogP contribution in [0.25, 0.3) is 0 Å². The molecule has 0 amide bonds. The van der Waals surface area contributed by atoms with E-state index < -0.39 is 51.1 Å². The van der Waals surface area contributed by atoms with E-state index in [1.807, 2.05) is 6.92 Å². The van der Waals surface area contributed by atoms with Gasteiger partial charge in [0.1, 0.15) is 0 Å². The van der Waals surface area contributed by atoms with Crippen molar-refractivity contribution >= 4 is 17.9 Å². The van der Waals surface area contributed by atoms with Crippen molar-refractivity contribution < 1.29 is 34.8 Å². The summed E-state index contributed by atoms with van der Waals surface area (Å²) >= 11 is 0. The SMILES string of the molecule is C=C(C)[C@H]1CC[C@@]2(C(=O)O)CC[C@@]3(C(=O)O)[C@@H](CC[C@H]4[C@]5(C)CC[C@H](O)[C@@](C)(C(=O)O)[C@@H]5CC[C@@]43C)[C@H]12. The highest BCUT2D eigenvalue weighted by Crippen LogP contribution is 2.77. The molecule has 5 fully saturated rings. The first-order valence-corrected chi connectivity index (χ1v) is 14.2. The number of allylic oxidation sites excluding steroid dienone is 1. The van der Waals surface area contributed by atoms with Crippen molar-refractivity contribution in [1.82, 2.24) is 0 Å². The predicted molar refractivity (Wildman–Crippen MR) is 137 cm³/mol. The number of carbonyl (C=O) groups is 3. The molecule has 5 saturated carbocycles. The lowest BCUT2D eigenvalue weighted by molar-refractivity contribution is -0.257. The number of hydrogen-bond donors (Lipinski definition) is 4. The summed E-state index contributed by atoms with van der Waals surface area (Å²) in [6, 6.07) is 0. The van der Waals surface area contributed by atoms with Crippen LogP contribution in [0, 0.1) is 56.7 Å². The van der Waals surface area contributed by atoms with Crippen LogP contribution in [-0.4, -0.2) is 44.4 Å². The number of hydrogen-bond acceptors (Lipinski definition) is 4. The summed E-state index contributed by atoms with van der Waals surface area (Å²) < 4.78 is 0. The van der Waals surface area contributed by atoms with Gasteiger partial charge in [-0.1, -0.05) is 26.0 Å². The molecule has 0 bridgehead atoms. The summed E-state index contributed by atoms with van der Waals surface area (Å²) in [6.07, 6.45) is 4.75. The minimum Gasteiger partial charge on any atom is -0.481 e. The third-order valence-corrected chi connectivity index (χ3v) is 13.4. The fourth-order valence-corrected chi connectivity index (χ4v) is 11.6. The standard InChI is InChI=1S/C30H44O7/c1-16(2)17-8-13-29(24(34)35)14-15-30(25(36)37)18(22(17)29)6-7-19-26(3)11-10-21(31)28(5,23(32)33)20(26)9-12-27(19,30)4/h17-22,31H,1,6-15H2,2-5H3,(H,32,33)(H,34,35)(H,36,37)/t17-,18+,19+,20-,21+,22+,26+,27+,28+,29-,30+/m1/s1. The van der Waals surface area contributed by atoms with Crippen LogP contribution in [0.2, 0.25) is 0 Å². The van der Waals surface area contributed by atoms with Crippen molar-refractivity contribution in [1.29, 1.82) is 0 Å². The van der Waals surface area contributed by atoms with E-state index >= 15 is 0 Å². The summed E-state index contributed by atoms with van der Waals surface area (Å²) in [5.74, 6) is -3.30. The molecule has 0 aromatic carbocycles. The summed E-state index contributed by atoms with van der Waals surface area (Å²) in [5, 5.41) is 42.7. The Kier molecular flexibility index (Phi) is 5.82.